The van der Waals surface area contributed by atoms with Crippen LogP contribution >= 0.6 is 0 Å². The van der Waals surface area contributed by atoms with Gasteiger partial charge in [0.05, 0.1) is 13.5 Å². The Bertz CT molecular complexity index is 450. The quantitative estimate of drug-likeness (QED) is 0.826. The number of alkyl carbamates (subject to hydrolysis) is 1. The predicted octanol–water partition coefficient (Wildman–Crippen LogP) is 1.82. The summed E-state index contributed by atoms with van der Waals surface area (Å²) in [6, 6.07) is 6.17. The molecule has 0 spiro atoms. The molecular formula is C13H16FNO4. The SMILES string of the molecule is COC(=O)NC[C@@H](CC(=O)O)Cc1ccccc1F. The largest absolute Gasteiger partial charge is 0.481 e. The van der Waals surface area contributed by atoms with E-state index in [2.05, 4.69) is 10.1 Å². The summed E-state index contributed by atoms with van der Waals surface area (Å²) in [5.41, 5.74) is 0.431. The van der Waals surface area contributed by atoms with E-state index in [-0.39, 0.29) is 25.2 Å². The number of nitrogens with one attached hydrogen (secondary N) is 1. The fourth-order valence-electron chi connectivity index (χ4n) is 1.74. The Hall–Kier alpha value is -2.11. The highest BCUT2D eigenvalue weighted by atomic mass is 19.1. The molecule has 0 aliphatic rings. The van der Waals surface area contributed by atoms with E-state index in [0.29, 0.717) is 5.56 Å². The zero-order chi connectivity index (χ0) is 14.3. The Morgan fingerprint density at radius 3 is 2.68 bits per heavy atom. The smallest absolute Gasteiger partial charge is 0.406 e. The first-order valence-electron chi connectivity index (χ1n) is 5.80. The molecule has 2 N–H and O–H groups in total. The zero-order valence-electron chi connectivity index (χ0n) is 10.6. The summed E-state index contributed by atoms with van der Waals surface area (Å²) < 4.78 is 17.9. The van der Waals surface area contributed by atoms with Crippen molar-refractivity contribution in [2.45, 2.75) is 12.8 Å². The third kappa shape index (κ3) is 5.37. The number of carbonyl (C=O) groups excluding carboxylic acids is 1. The molecule has 0 fully saturated rings. The summed E-state index contributed by atoms with van der Waals surface area (Å²) in [6.07, 6.45) is -0.551. The second-order valence-corrected chi connectivity index (χ2v) is 4.13. The average Bonchev–Trinajstić information content (AvgIpc) is 2.37. The van der Waals surface area contributed by atoms with Gasteiger partial charge in [-0.25, -0.2) is 9.18 Å². The maximum absolute atomic E-state index is 13.5. The lowest BCUT2D eigenvalue weighted by Crippen LogP contribution is -2.31. The molecule has 6 heteroatoms. The number of rotatable bonds is 6. The van der Waals surface area contributed by atoms with Crippen LogP contribution < -0.4 is 5.32 Å². The summed E-state index contributed by atoms with van der Waals surface area (Å²) in [7, 11) is 1.22. The van der Waals surface area contributed by atoms with Crippen LogP contribution in [0.4, 0.5) is 9.18 Å². The molecule has 104 valence electrons. The number of hydrogen-bond donors (Lipinski definition) is 2. The van der Waals surface area contributed by atoms with Gasteiger partial charge in [0, 0.05) is 6.54 Å². The van der Waals surface area contributed by atoms with Crippen LogP contribution in [0, 0.1) is 11.7 Å². The van der Waals surface area contributed by atoms with Crippen molar-refractivity contribution in [3.8, 4) is 0 Å². The van der Waals surface area contributed by atoms with Gasteiger partial charge in [-0.3, -0.25) is 4.79 Å². The molecule has 0 unspecified atom stereocenters. The number of carboxylic acids is 1. The lowest BCUT2D eigenvalue weighted by molar-refractivity contribution is -0.138. The van der Waals surface area contributed by atoms with Gasteiger partial charge in [0.15, 0.2) is 0 Å². The Morgan fingerprint density at radius 2 is 2.11 bits per heavy atom. The second kappa shape index (κ2) is 7.35. The molecule has 0 radical (unpaired) electrons. The number of hydrogen-bond acceptors (Lipinski definition) is 3. The van der Waals surface area contributed by atoms with Gasteiger partial charge < -0.3 is 15.2 Å². The van der Waals surface area contributed by atoms with Crippen LogP contribution in [0.15, 0.2) is 24.3 Å². The lowest BCUT2D eigenvalue weighted by Gasteiger charge is -2.15. The van der Waals surface area contributed by atoms with Gasteiger partial charge in [0.2, 0.25) is 0 Å². The molecule has 0 saturated carbocycles. The molecular weight excluding hydrogens is 253 g/mol. The maximum atomic E-state index is 13.5. The van der Waals surface area contributed by atoms with E-state index in [1.807, 2.05) is 0 Å². The van der Waals surface area contributed by atoms with E-state index < -0.39 is 18.0 Å². The van der Waals surface area contributed by atoms with E-state index in [4.69, 9.17) is 5.11 Å². The minimum absolute atomic E-state index is 0.118. The Balaban J connectivity index is 2.66. The van der Waals surface area contributed by atoms with Gasteiger partial charge in [-0.05, 0) is 24.0 Å². The molecule has 1 aromatic carbocycles. The molecule has 1 aromatic rings. The number of benzene rings is 1. The number of methoxy groups -OCH3 is 1. The Labute approximate surface area is 110 Å². The van der Waals surface area contributed by atoms with Crippen molar-refractivity contribution in [3.05, 3.63) is 35.6 Å². The summed E-state index contributed by atoms with van der Waals surface area (Å²) in [6.45, 7) is 0.118. The minimum Gasteiger partial charge on any atom is -0.481 e. The Morgan fingerprint density at radius 1 is 1.42 bits per heavy atom. The molecule has 0 saturated heterocycles. The minimum atomic E-state index is -0.993. The van der Waals surface area contributed by atoms with E-state index in [1.165, 1.54) is 13.2 Å². The monoisotopic (exact) mass is 269 g/mol. The normalized spacial score (nSPS) is 11.7. The van der Waals surface area contributed by atoms with Gasteiger partial charge in [0.25, 0.3) is 0 Å². The Kier molecular flexibility index (Phi) is 5.78. The maximum Gasteiger partial charge on any atom is 0.406 e. The molecule has 0 bridgehead atoms. The van der Waals surface area contributed by atoms with Crippen molar-refractivity contribution >= 4 is 12.1 Å². The van der Waals surface area contributed by atoms with Crippen LogP contribution in [0.5, 0.6) is 0 Å². The highest BCUT2D eigenvalue weighted by molar-refractivity contribution is 5.68. The van der Waals surface area contributed by atoms with Gasteiger partial charge >= 0.3 is 12.1 Å². The van der Waals surface area contributed by atoms with Crippen LogP contribution in [0.25, 0.3) is 0 Å². The fraction of sp³-hybridized carbons (Fsp3) is 0.385. The van der Waals surface area contributed by atoms with Gasteiger partial charge in [-0.15, -0.1) is 0 Å². The summed E-state index contributed by atoms with van der Waals surface area (Å²) >= 11 is 0. The molecule has 19 heavy (non-hydrogen) atoms. The zero-order valence-corrected chi connectivity index (χ0v) is 10.6. The second-order valence-electron chi connectivity index (χ2n) is 4.13. The average molecular weight is 269 g/mol. The van der Waals surface area contributed by atoms with E-state index in [0.717, 1.165) is 0 Å². The molecule has 0 aliphatic heterocycles. The molecule has 0 heterocycles. The topological polar surface area (TPSA) is 75.6 Å². The van der Waals surface area contributed by atoms with Crippen LogP contribution in [0.3, 0.4) is 0 Å². The lowest BCUT2D eigenvalue weighted by atomic mass is 9.96. The summed E-state index contributed by atoms with van der Waals surface area (Å²) in [5.74, 6) is -1.77. The number of carbonyl (C=O) groups is 2. The van der Waals surface area contributed by atoms with Crippen LogP contribution in [0.2, 0.25) is 0 Å². The van der Waals surface area contributed by atoms with Crippen molar-refractivity contribution < 1.29 is 23.8 Å². The molecule has 0 aromatic heterocycles. The standard InChI is InChI=1S/C13H16FNO4/c1-19-13(18)15-8-9(7-12(16)17)6-10-4-2-3-5-11(10)14/h2-5,9H,6-8H2,1H3,(H,15,18)(H,16,17)/t9-/m1/s1. The van der Waals surface area contributed by atoms with Crippen molar-refractivity contribution in [3.63, 3.8) is 0 Å². The molecule has 1 rings (SSSR count). The number of carboxylic acid groups (broad SMARTS) is 1. The number of halogens is 1. The summed E-state index contributed by atoms with van der Waals surface area (Å²) in [4.78, 5) is 21.7. The van der Waals surface area contributed by atoms with Crippen LogP contribution in [-0.4, -0.2) is 30.8 Å². The molecule has 1 atom stereocenters. The molecule has 5 nitrogen and oxygen atoms in total. The third-order valence-corrected chi connectivity index (χ3v) is 2.65. The number of amides is 1. The molecule has 0 aliphatic carbocycles. The number of ether oxygens (including phenoxy) is 1. The first-order chi connectivity index (χ1) is 9.02. The first kappa shape index (κ1) is 14.9. The highest BCUT2D eigenvalue weighted by Gasteiger charge is 2.17. The van der Waals surface area contributed by atoms with E-state index in [9.17, 15) is 14.0 Å². The van der Waals surface area contributed by atoms with E-state index in [1.54, 1.807) is 18.2 Å². The third-order valence-electron chi connectivity index (χ3n) is 2.65. The predicted molar refractivity (Wildman–Crippen MR) is 66.3 cm³/mol. The van der Waals surface area contributed by atoms with Gasteiger partial charge in [0.1, 0.15) is 5.82 Å². The molecule has 1 amide bonds. The van der Waals surface area contributed by atoms with Gasteiger partial charge in [-0.1, -0.05) is 18.2 Å². The van der Waals surface area contributed by atoms with Crippen LogP contribution in [-0.2, 0) is 16.0 Å². The van der Waals surface area contributed by atoms with Crippen molar-refractivity contribution in [1.82, 2.24) is 5.32 Å². The fourth-order valence-corrected chi connectivity index (χ4v) is 1.74. The van der Waals surface area contributed by atoms with Gasteiger partial charge in [-0.2, -0.15) is 0 Å². The van der Waals surface area contributed by atoms with E-state index >= 15 is 0 Å². The van der Waals surface area contributed by atoms with Crippen molar-refractivity contribution in [1.29, 1.82) is 0 Å². The van der Waals surface area contributed by atoms with Crippen molar-refractivity contribution in [2.75, 3.05) is 13.7 Å². The summed E-state index contributed by atoms with van der Waals surface area (Å²) in [5, 5.41) is 11.2. The van der Waals surface area contributed by atoms with Crippen molar-refractivity contribution in [2.24, 2.45) is 5.92 Å². The number of aliphatic carboxylic acids is 1. The highest BCUT2D eigenvalue weighted by Crippen LogP contribution is 2.15. The first-order valence-corrected chi connectivity index (χ1v) is 5.80. The van der Waals surface area contributed by atoms with Crippen LogP contribution in [0.1, 0.15) is 12.0 Å².